The Balaban J connectivity index is 1.22. The Labute approximate surface area is 235 Å². The number of hydrogen-bond donors (Lipinski definition) is 1. The summed E-state index contributed by atoms with van der Waals surface area (Å²) < 4.78 is 55.9. The molecule has 0 radical (unpaired) electrons. The van der Waals surface area contributed by atoms with Gasteiger partial charge in [-0.2, -0.15) is 0 Å². The molecule has 1 aliphatic heterocycles. The highest BCUT2D eigenvalue weighted by atomic mass is 32.2. The zero-order valence-electron chi connectivity index (χ0n) is 21.8. The molecule has 1 aliphatic rings. The van der Waals surface area contributed by atoms with E-state index in [1.54, 1.807) is 30.5 Å². The number of pyridine rings is 1. The first-order valence-electron chi connectivity index (χ1n) is 13.1. The summed E-state index contributed by atoms with van der Waals surface area (Å²) in [5.74, 6) is -1.39. The predicted molar refractivity (Wildman–Crippen MR) is 155 cm³/mol. The third-order valence-corrected chi connectivity index (χ3v) is 9.52. The zero-order valence-corrected chi connectivity index (χ0v) is 23.7. The molecular weight excluding hydrogens is 551 g/mol. The number of ketones is 1. The lowest BCUT2D eigenvalue weighted by molar-refractivity contribution is -0.123. The molecule has 5 rings (SSSR count). The number of anilines is 1. The molecular formula is C30H30F2N3O3PS. The molecule has 3 aromatic carbocycles. The number of benzene rings is 3. The van der Waals surface area contributed by atoms with Crippen LogP contribution in [0.5, 0.6) is 0 Å². The van der Waals surface area contributed by atoms with Gasteiger partial charge in [-0.15, -0.1) is 9.24 Å². The highest BCUT2D eigenvalue weighted by Gasteiger charge is 2.28. The van der Waals surface area contributed by atoms with Gasteiger partial charge in [-0.05, 0) is 79.8 Å². The largest absolute Gasteiger partial charge is 0.298 e. The van der Waals surface area contributed by atoms with Crippen LogP contribution in [-0.2, 0) is 21.2 Å². The van der Waals surface area contributed by atoms with E-state index in [1.807, 2.05) is 24.3 Å². The normalized spacial score (nSPS) is 17.5. The number of nitrogens with zero attached hydrogens (tertiary/aromatic N) is 2. The van der Waals surface area contributed by atoms with Crippen LogP contribution < -0.4 is 4.72 Å². The van der Waals surface area contributed by atoms with Crippen molar-refractivity contribution < 1.29 is 22.0 Å². The van der Waals surface area contributed by atoms with E-state index < -0.39 is 21.7 Å². The molecule has 1 aromatic heterocycles. The molecule has 208 valence electrons. The standard InChI is InChI=1S/C30H30F2N3O3PS/c31-24-16-20(17-25(32)18-24)8-9-21-6-3-15-35(19-27(21)36)30(39)23-10-12-26(13-11-23)34-40(37,38)28-7-1-4-22-5-2-14-33-29(22)28/h1-2,4-5,7,10-14,16-18,21,30,34H,3,6,8-9,15,19,39H2. The Morgan fingerprint density at radius 2 is 1.75 bits per heavy atom. The van der Waals surface area contributed by atoms with Gasteiger partial charge in [-0.1, -0.05) is 30.3 Å². The Morgan fingerprint density at radius 3 is 2.50 bits per heavy atom. The van der Waals surface area contributed by atoms with Crippen LogP contribution in [0.1, 0.15) is 36.2 Å². The van der Waals surface area contributed by atoms with Gasteiger partial charge in [0.2, 0.25) is 0 Å². The molecule has 0 aliphatic carbocycles. The van der Waals surface area contributed by atoms with E-state index >= 15 is 0 Å². The van der Waals surface area contributed by atoms with Crippen LogP contribution in [0.3, 0.4) is 0 Å². The predicted octanol–water partition coefficient (Wildman–Crippen LogP) is 6.10. The van der Waals surface area contributed by atoms with Crippen LogP contribution in [0, 0.1) is 17.6 Å². The van der Waals surface area contributed by atoms with Gasteiger partial charge < -0.3 is 0 Å². The van der Waals surface area contributed by atoms with E-state index in [0.717, 1.165) is 36.4 Å². The number of para-hydroxylation sites is 1. The van der Waals surface area contributed by atoms with Crippen molar-refractivity contribution in [2.75, 3.05) is 17.8 Å². The molecule has 1 saturated heterocycles. The van der Waals surface area contributed by atoms with Gasteiger partial charge in [-0.3, -0.25) is 19.4 Å². The van der Waals surface area contributed by atoms with Crippen molar-refractivity contribution >= 4 is 41.6 Å². The molecule has 10 heteroatoms. The third-order valence-electron chi connectivity index (χ3n) is 7.30. The number of aryl methyl sites for hydroxylation is 1. The number of carbonyl (C=O) groups excluding carboxylic acids is 1. The highest BCUT2D eigenvalue weighted by molar-refractivity contribution is 7.93. The number of Topliss-reactive ketones (excluding diaryl/α,β-unsaturated/α-hetero) is 1. The number of fused-ring (bicyclic) bond motifs is 1. The average molecular weight is 582 g/mol. The van der Waals surface area contributed by atoms with Gasteiger partial charge in [0.25, 0.3) is 10.0 Å². The summed E-state index contributed by atoms with van der Waals surface area (Å²) in [5.41, 5.74) is 2.32. The minimum Gasteiger partial charge on any atom is -0.298 e. The summed E-state index contributed by atoms with van der Waals surface area (Å²) in [6.45, 7) is 1.01. The summed E-state index contributed by atoms with van der Waals surface area (Å²) in [7, 11) is -1.08. The number of likely N-dealkylation sites (tertiary alicyclic amines) is 1. The second-order valence-electron chi connectivity index (χ2n) is 10.1. The second-order valence-corrected chi connectivity index (χ2v) is 12.4. The summed E-state index contributed by atoms with van der Waals surface area (Å²) in [6.07, 6.45) is 4.13. The number of nitrogens with one attached hydrogen (secondary N) is 1. The quantitative estimate of drug-likeness (QED) is 0.255. The lowest BCUT2D eigenvalue weighted by atomic mass is 9.92. The third kappa shape index (κ3) is 6.54. The summed E-state index contributed by atoms with van der Waals surface area (Å²) in [6, 6.07) is 19.2. The molecule has 1 fully saturated rings. The van der Waals surface area contributed by atoms with Crippen molar-refractivity contribution in [1.29, 1.82) is 0 Å². The average Bonchev–Trinajstić information content (AvgIpc) is 3.12. The number of sulfonamides is 1. The summed E-state index contributed by atoms with van der Waals surface area (Å²) in [5, 5.41) is 0.740. The van der Waals surface area contributed by atoms with Crippen molar-refractivity contribution in [3.63, 3.8) is 0 Å². The number of halogens is 2. The minimum atomic E-state index is -3.86. The molecule has 0 amide bonds. The summed E-state index contributed by atoms with van der Waals surface area (Å²) in [4.78, 5) is 19.5. The number of hydrogen-bond acceptors (Lipinski definition) is 5. The first-order valence-corrected chi connectivity index (χ1v) is 15.3. The van der Waals surface area contributed by atoms with Crippen LogP contribution in [-0.4, -0.2) is 37.2 Å². The molecule has 1 N–H and O–H groups in total. The van der Waals surface area contributed by atoms with Gasteiger partial charge in [0, 0.05) is 35.0 Å². The van der Waals surface area contributed by atoms with E-state index in [2.05, 4.69) is 23.8 Å². The van der Waals surface area contributed by atoms with E-state index in [-0.39, 0.29) is 28.9 Å². The monoisotopic (exact) mass is 581 g/mol. The van der Waals surface area contributed by atoms with E-state index in [0.29, 0.717) is 29.6 Å². The van der Waals surface area contributed by atoms with Crippen LogP contribution in [0.4, 0.5) is 14.5 Å². The zero-order chi connectivity index (χ0) is 28.3. The highest BCUT2D eigenvalue weighted by Crippen LogP contribution is 2.32. The molecule has 0 bridgehead atoms. The smallest absolute Gasteiger partial charge is 0.264 e. The van der Waals surface area contributed by atoms with Crippen molar-refractivity contribution in [1.82, 2.24) is 9.88 Å². The van der Waals surface area contributed by atoms with Crippen LogP contribution in [0.25, 0.3) is 10.9 Å². The summed E-state index contributed by atoms with van der Waals surface area (Å²) >= 11 is 0. The fourth-order valence-electron chi connectivity index (χ4n) is 5.21. The Kier molecular flexibility index (Phi) is 8.54. The lowest BCUT2D eigenvalue weighted by Gasteiger charge is -2.27. The number of aromatic nitrogens is 1. The van der Waals surface area contributed by atoms with Crippen LogP contribution >= 0.6 is 9.24 Å². The Hall–Kier alpha value is -3.26. The first kappa shape index (κ1) is 28.3. The Bertz CT molecular complexity index is 1610. The maximum Gasteiger partial charge on any atom is 0.264 e. The Morgan fingerprint density at radius 1 is 1.02 bits per heavy atom. The van der Waals surface area contributed by atoms with Crippen molar-refractivity contribution in [2.24, 2.45) is 5.92 Å². The molecule has 40 heavy (non-hydrogen) atoms. The van der Waals surface area contributed by atoms with Crippen LogP contribution in [0.2, 0.25) is 0 Å². The van der Waals surface area contributed by atoms with E-state index in [1.165, 1.54) is 18.2 Å². The molecule has 4 aromatic rings. The fraction of sp³-hybridized carbons (Fsp3) is 0.267. The van der Waals surface area contributed by atoms with E-state index in [9.17, 15) is 22.0 Å². The van der Waals surface area contributed by atoms with Gasteiger partial charge in [0.1, 0.15) is 22.3 Å². The maximum atomic E-state index is 13.5. The number of rotatable bonds is 8. The van der Waals surface area contributed by atoms with Gasteiger partial charge in [0.15, 0.2) is 0 Å². The molecule has 2 heterocycles. The SMILES string of the molecule is O=C1CN(C(P)c2ccc(NS(=O)(=O)c3cccc4cccnc34)cc2)CCCC1CCc1cc(F)cc(F)c1. The van der Waals surface area contributed by atoms with Crippen molar-refractivity contribution in [3.05, 3.63) is 102 Å². The molecule has 0 spiro atoms. The molecule has 3 unspecified atom stereocenters. The molecule has 6 nitrogen and oxygen atoms in total. The maximum absolute atomic E-state index is 13.5. The first-order chi connectivity index (χ1) is 19.2. The molecule has 3 atom stereocenters. The van der Waals surface area contributed by atoms with Crippen LogP contribution in [0.15, 0.2) is 83.9 Å². The molecule has 0 saturated carbocycles. The van der Waals surface area contributed by atoms with Gasteiger partial charge in [-0.25, -0.2) is 17.2 Å². The minimum absolute atomic E-state index is 0.110. The fourth-order valence-corrected chi connectivity index (χ4v) is 6.93. The van der Waals surface area contributed by atoms with Gasteiger partial charge in [0.05, 0.1) is 12.1 Å². The number of carbonyl (C=O) groups is 1. The lowest BCUT2D eigenvalue weighted by Crippen LogP contribution is -2.32. The van der Waals surface area contributed by atoms with Gasteiger partial charge >= 0.3 is 0 Å². The van der Waals surface area contributed by atoms with E-state index in [4.69, 9.17) is 0 Å². The second kappa shape index (κ2) is 12.1. The topological polar surface area (TPSA) is 79.4 Å². The van der Waals surface area contributed by atoms with Crippen molar-refractivity contribution in [2.45, 2.75) is 36.4 Å². The van der Waals surface area contributed by atoms with Crippen molar-refractivity contribution in [3.8, 4) is 0 Å².